The highest BCUT2D eigenvalue weighted by atomic mass is 32.1. The summed E-state index contributed by atoms with van der Waals surface area (Å²) in [6.45, 7) is 4.83. The fourth-order valence-electron chi connectivity index (χ4n) is 1.57. The Bertz CT molecular complexity index is 349. The molecular formula is C13H22N2OS. The molecule has 0 spiro atoms. The maximum atomic E-state index is 11.7. The Balaban J connectivity index is 2.32. The lowest BCUT2D eigenvalue weighted by Gasteiger charge is -2.10. The molecule has 0 radical (unpaired) electrons. The van der Waals surface area contributed by atoms with E-state index in [2.05, 4.69) is 31.3 Å². The highest BCUT2D eigenvalue weighted by Crippen LogP contribution is 2.16. The van der Waals surface area contributed by atoms with Crippen molar-refractivity contribution in [3.8, 4) is 0 Å². The zero-order chi connectivity index (χ0) is 12.7. The highest BCUT2D eigenvalue weighted by Gasteiger charge is 2.12. The van der Waals surface area contributed by atoms with Crippen LogP contribution in [0.15, 0.2) is 12.1 Å². The van der Waals surface area contributed by atoms with Crippen LogP contribution in [0.2, 0.25) is 0 Å². The van der Waals surface area contributed by atoms with E-state index in [1.807, 2.05) is 0 Å². The van der Waals surface area contributed by atoms with Crippen molar-refractivity contribution in [3.05, 3.63) is 21.9 Å². The molecule has 0 aliphatic heterocycles. The van der Waals surface area contributed by atoms with Crippen LogP contribution < -0.4 is 11.1 Å². The van der Waals surface area contributed by atoms with E-state index in [0.717, 1.165) is 25.7 Å². The summed E-state index contributed by atoms with van der Waals surface area (Å²) in [5, 5.41) is 2.89. The van der Waals surface area contributed by atoms with Gasteiger partial charge in [-0.15, -0.1) is 11.3 Å². The molecule has 0 saturated heterocycles. The molecule has 0 bridgehead atoms. The third kappa shape index (κ3) is 4.88. The first kappa shape index (κ1) is 14.2. The third-order valence-electron chi connectivity index (χ3n) is 2.71. The molecule has 96 valence electrons. The summed E-state index contributed by atoms with van der Waals surface area (Å²) in [4.78, 5) is 14.2. The lowest BCUT2D eigenvalue weighted by Crippen LogP contribution is -2.39. The lowest BCUT2D eigenvalue weighted by atomic mass is 10.1. The Hall–Kier alpha value is -0.870. The van der Waals surface area contributed by atoms with E-state index in [1.54, 1.807) is 11.3 Å². The van der Waals surface area contributed by atoms with Gasteiger partial charge in [0.25, 0.3) is 0 Å². The molecule has 1 atom stereocenters. The van der Waals surface area contributed by atoms with Gasteiger partial charge in [-0.05, 0) is 25.0 Å². The molecule has 3 N–H and O–H groups in total. The van der Waals surface area contributed by atoms with Crippen LogP contribution >= 0.6 is 11.3 Å². The molecule has 17 heavy (non-hydrogen) atoms. The number of nitrogens with one attached hydrogen (secondary N) is 1. The van der Waals surface area contributed by atoms with Crippen LogP contribution in [0.1, 0.15) is 42.9 Å². The molecular weight excluding hydrogens is 232 g/mol. The van der Waals surface area contributed by atoms with Gasteiger partial charge in [0.15, 0.2) is 0 Å². The average molecular weight is 254 g/mol. The van der Waals surface area contributed by atoms with Crippen molar-refractivity contribution in [2.75, 3.05) is 0 Å². The van der Waals surface area contributed by atoms with Crippen molar-refractivity contribution in [1.29, 1.82) is 0 Å². The Morgan fingerprint density at radius 1 is 1.41 bits per heavy atom. The normalized spacial score (nSPS) is 12.4. The average Bonchev–Trinajstić information content (AvgIpc) is 2.80. The number of aryl methyl sites for hydroxylation is 1. The third-order valence-corrected chi connectivity index (χ3v) is 3.94. The molecule has 1 aromatic heterocycles. The second-order valence-electron chi connectivity index (χ2n) is 4.19. The van der Waals surface area contributed by atoms with Crippen molar-refractivity contribution in [2.45, 2.75) is 52.1 Å². The molecule has 0 fully saturated rings. The predicted octanol–water partition coefficient (Wildman–Crippen LogP) is 2.44. The Kier molecular flexibility index (Phi) is 6.22. The SMILES string of the molecule is CCCC[C@H](N)C(=O)NCc1ccc(CC)s1. The van der Waals surface area contributed by atoms with Gasteiger partial charge in [0.1, 0.15) is 0 Å². The molecule has 0 aliphatic rings. The zero-order valence-corrected chi connectivity index (χ0v) is 11.5. The first-order chi connectivity index (χ1) is 8.17. The first-order valence-electron chi connectivity index (χ1n) is 6.28. The Morgan fingerprint density at radius 3 is 2.71 bits per heavy atom. The molecule has 0 aliphatic carbocycles. The first-order valence-corrected chi connectivity index (χ1v) is 7.09. The van der Waals surface area contributed by atoms with E-state index in [1.165, 1.54) is 9.75 Å². The number of rotatable bonds is 7. The van der Waals surface area contributed by atoms with E-state index in [0.29, 0.717) is 6.54 Å². The van der Waals surface area contributed by atoms with E-state index in [-0.39, 0.29) is 11.9 Å². The monoisotopic (exact) mass is 254 g/mol. The molecule has 1 aromatic rings. The number of hydrogen-bond acceptors (Lipinski definition) is 3. The number of carbonyl (C=O) groups is 1. The number of carbonyl (C=O) groups excluding carboxylic acids is 1. The summed E-state index contributed by atoms with van der Waals surface area (Å²) in [5.41, 5.74) is 5.79. The van der Waals surface area contributed by atoms with Crippen molar-refractivity contribution in [1.82, 2.24) is 5.32 Å². The molecule has 0 aromatic carbocycles. The predicted molar refractivity (Wildman–Crippen MR) is 73.0 cm³/mol. The summed E-state index contributed by atoms with van der Waals surface area (Å²) < 4.78 is 0. The van der Waals surface area contributed by atoms with E-state index in [4.69, 9.17) is 5.73 Å². The number of amides is 1. The van der Waals surface area contributed by atoms with Gasteiger partial charge in [-0.1, -0.05) is 26.7 Å². The highest BCUT2D eigenvalue weighted by molar-refractivity contribution is 7.11. The van der Waals surface area contributed by atoms with Gasteiger partial charge in [-0.3, -0.25) is 4.79 Å². The number of hydrogen-bond donors (Lipinski definition) is 2. The molecule has 1 heterocycles. The molecule has 4 heteroatoms. The maximum absolute atomic E-state index is 11.7. The van der Waals surface area contributed by atoms with Crippen molar-refractivity contribution < 1.29 is 4.79 Å². The van der Waals surface area contributed by atoms with Gasteiger partial charge in [-0.25, -0.2) is 0 Å². The quantitative estimate of drug-likeness (QED) is 0.785. The standard InChI is InChI=1S/C13H22N2OS/c1-3-5-6-12(14)13(16)15-9-11-8-7-10(4-2)17-11/h7-8,12H,3-6,9,14H2,1-2H3,(H,15,16)/t12-/m0/s1. The minimum Gasteiger partial charge on any atom is -0.350 e. The van der Waals surface area contributed by atoms with Crippen LogP contribution in [0.3, 0.4) is 0 Å². The van der Waals surface area contributed by atoms with Crippen LogP contribution in [0.4, 0.5) is 0 Å². The summed E-state index contributed by atoms with van der Waals surface area (Å²) in [6, 6.07) is 3.82. The molecule has 0 saturated carbocycles. The topological polar surface area (TPSA) is 55.1 Å². The summed E-state index contributed by atoms with van der Waals surface area (Å²) >= 11 is 1.75. The molecule has 1 amide bonds. The minimum absolute atomic E-state index is 0.0371. The van der Waals surface area contributed by atoms with Gasteiger partial charge in [0.2, 0.25) is 5.91 Å². The number of nitrogens with two attached hydrogens (primary N) is 1. The van der Waals surface area contributed by atoms with Crippen molar-refractivity contribution in [3.63, 3.8) is 0 Å². The second kappa shape index (κ2) is 7.45. The fourth-order valence-corrected chi connectivity index (χ4v) is 2.47. The van der Waals surface area contributed by atoms with Crippen molar-refractivity contribution in [2.24, 2.45) is 5.73 Å². The van der Waals surface area contributed by atoms with Gasteiger partial charge >= 0.3 is 0 Å². The van der Waals surface area contributed by atoms with Crippen LogP contribution in [-0.4, -0.2) is 11.9 Å². The molecule has 1 rings (SSSR count). The summed E-state index contributed by atoms with van der Waals surface area (Å²) in [7, 11) is 0. The van der Waals surface area contributed by atoms with E-state index in [9.17, 15) is 4.79 Å². The zero-order valence-electron chi connectivity index (χ0n) is 10.7. The second-order valence-corrected chi connectivity index (χ2v) is 5.44. The van der Waals surface area contributed by atoms with Crippen LogP contribution in [0.5, 0.6) is 0 Å². The van der Waals surface area contributed by atoms with Crippen LogP contribution in [-0.2, 0) is 17.8 Å². The molecule has 0 unspecified atom stereocenters. The summed E-state index contributed by atoms with van der Waals surface area (Å²) in [5.74, 6) is -0.0371. The maximum Gasteiger partial charge on any atom is 0.237 e. The largest absolute Gasteiger partial charge is 0.350 e. The van der Waals surface area contributed by atoms with Crippen molar-refractivity contribution >= 4 is 17.2 Å². The number of thiophene rings is 1. The minimum atomic E-state index is -0.361. The van der Waals surface area contributed by atoms with Gasteiger partial charge < -0.3 is 11.1 Å². The lowest BCUT2D eigenvalue weighted by molar-refractivity contribution is -0.122. The van der Waals surface area contributed by atoms with Gasteiger partial charge in [-0.2, -0.15) is 0 Å². The van der Waals surface area contributed by atoms with Crippen LogP contribution in [0, 0.1) is 0 Å². The van der Waals surface area contributed by atoms with Crippen LogP contribution in [0.25, 0.3) is 0 Å². The summed E-state index contributed by atoms with van der Waals surface area (Å²) in [6.07, 6.45) is 3.90. The Labute approximate surface area is 107 Å². The smallest absolute Gasteiger partial charge is 0.237 e. The van der Waals surface area contributed by atoms with E-state index < -0.39 is 0 Å². The van der Waals surface area contributed by atoms with Gasteiger partial charge in [0, 0.05) is 9.75 Å². The van der Waals surface area contributed by atoms with E-state index >= 15 is 0 Å². The van der Waals surface area contributed by atoms with Gasteiger partial charge in [0.05, 0.1) is 12.6 Å². The number of unbranched alkanes of at least 4 members (excludes halogenated alkanes) is 1. The molecule has 3 nitrogen and oxygen atoms in total. The fraction of sp³-hybridized carbons (Fsp3) is 0.615. The Morgan fingerprint density at radius 2 is 2.12 bits per heavy atom.